The number of rotatable bonds is 10. The van der Waals surface area contributed by atoms with E-state index in [1.807, 2.05) is 6.92 Å². The Morgan fingerprint density at radius 2 is 2.00 bits per heavy atom. The fourth-order valence-electron chi connectivity index (χ4n) is 2.64. The summed E-state index contributed by atoms with van der Waals surface area (Å²) in [5, 5.41) is 3.23. The van der Waals surface area contributed by atoms with Crippen molar-refractivity contribution in [3.63, 3.8) is 0 Å². The molecule has 0 aromatic carbocycles. The van der Waals surface area contributed by atoms with Crippen LogP contribution in [0.25, 0.3) is 0 Å². The van der Waals surface area contributed by atoms with Crippen molar-refractivity contribution in [3.05, 3.63) is 0 Å². The summed E-state index contributed by atoms with van der Waals surface area (Å²) in [6.07, 6.45) is 3.65. The van der Waals surface area contributed by atoms with E-state index in [1.54, 1.807) is 0 Å². The van der Waals surface area contributed by atoms with Crippen LogP contribution < -0.4 is 5.32 Å². The maximum Gasteiger partial charge on any atom is 0.306 e. The monoisotopic (exact) mass is 305 g/mol. The van der Waals surface area contributed by atoms with Crippen LogP contribution in [0.3, 0.4) is 0 Å². The molecule has 5 nitrogen and oxygen atoms in total. The van der Waals surface area contributed by atoms with Crippen molar-refractivity contribution in [2.24, 2.45) is 5.41 Å². The molecule has 0 aromatic heterocycles. The lowest BCUT2D eigenvalue weighted by Crippen LogP contribution is -2.37. The van der Waals surface area contributed by atoms with Gasteiger partial charge >= 0.3 is 5.97 Å². The zero-order valence-electron chi connectivity index (χ0n) is 12.8. The highest BCUT2D eigenvalue weighted by atomic mass is 32.2. The molecule has 0 amide bonds. The number of hydrogen-bond acceptors (Lipinski definition) is 5. The predicted molar refractivity (Wildman–Crippen MR) is 79.3 cm³/mol. The molecule has 0 aliphatic heterocycles. The fourth-order valence-corrected chi connectivity index (χ4v) is 4.98. The molecule has 0 bridgehead atoms. The molecule has 118 valence electrons. The van der Waals surface area contributed by atoms with Crippen LogP contribution in [0, 0.1) is 5.41 Å². The summed E-state index contributed by atoms with van der Waals surface area (Å²) < 4.78 is 29.3. The van der Waals surface area contributed by atoms with Gasteiger partial charge in [-0.1, -0.05) is 20.3 Å². The average Bonchev–Trinajstić information content (AvgIpc) is 3.07. The molecule has 20 heavy (non-hydrogen) atoms. The molecular formula is C14H27NO4S. The molecule has 1 unspecified atom stereocenters. The van der Waals surface area contributed by atoms with Crippen molar-refractivity contribution >= 4 is 15.8 Å². The van der Waals surface area contributed by atoms with Crippen LogP contribution in [0.5, 0.6) is 0 Å². The molecular weight excluding hydrogens is 278 g/mol. The third kappa shape index (κ3) is 5.79. The Morgan fingerprint density at radius 1 is 1.35 bits per heavy atom. The molecule has 1 fully saturated rings. The molecule has 1 rings (SSSR count). The van der Waals surface area contributed by atoms with Crippen molar-refractivity contribution in [3.8, 4) is 0 Å². The fraction of sp³-hybridized carbons (Fsp3) is 0.929. The first-order valence-corrected chi connectivity index (χ1v) is 9.19. The van der Waals surface area contributed by atoms with E-state index in [4.69, 9.17) is 0 Å². The van der Waals surface area contributed by atoms with Gasteiger partial charge in [-0.15, -0.1) is 0 Å². The Kier molecular flexibility index (Phi) is 6.45. The number of ether oxygens (including phenoxy) is 1. The Balaban J connectivity index is 2.58. The molecule has 0 aromatic rings. The summed E-state index contributed by atoms with van der Waals surface area (Å²) in [7, 11) is -1.80. The highest BCUT2D eigenvalue weighted by Gasteiger charge is 2.48. The minimum absolute atomic E-state index is 0.0175. The number of carbonyl (C=O) groups is 1. The number of sulfone groups is 1. The molecule has 0 radical (unpaired) electrons. The molecule has 1 saturated carbocycles. The summed E-state index contributed by atoms with van der Waals surface area (Å²) in [5.74, 6) is -0.0346. The Bertz CT molecular complexity index is 409. The van der Waals surface area contributed by atoms with Gasteiger partial charge in [-0.2, -0.15) is 0 Å². The van der Waals surface area contributed by atoms with E-state index in [9.17, 15) is 13.2 Å². The van der Waals surface area contributed by atoms with Gasteiger partial charge in [-0.25, -0.2) is 8.42 Å². The second-order valence-electron chi connectivity index (χ2n) is 5.85. The van der Waals surface area contributed by atoms with Crippen LogP contribution in [0.1, 0.15) is 46.0 Å². The van der Waals surface area contributed by atoms with E-state index in [1.165, 1.54) is 7.11 Å². The third-order valence-electron chi connectivity index (χ3n) is 3.82. The summed E-state index contributed by atoms with van der Waals surface area (Å²) in [5.41, 5.74) is -0.352. The van der Waals surface area contributed by atoms with Crippen LogP contribution in [-0.4, -0.2) is 45.6 Å². The maximum atomic E-state index is 12.3. The first kappa shape index (κ1) is 17.4. The Morgan fingerprint density at radius 3 is 2.45 bits per heavy atom. The van der Waals surface area contributed by atoms with Crippen molar-refractivity contribution in [2.75, 3.05) is 25.2 Å². The van der Waals surface area contributed by atoms with Crippen molar-refractivity contribution in [1.82, 2.24) is 5.32 Å². The SMILES string of the molecule is CCCC(CS(=O)(=O)CC1(CC(=O)OC)CC1)NCC. The van der Waals surface area contributed by atoms with Crippen molar-refractivity contribution in [1.29, 1.82) is 0 Å². The smallest absolute Gasteiger partial charge is 0.306 e. The van der Waals surface area contributed by atoms with Crippen LogP contribution in [0.15, 0.2) is 0 Å². The van der Waals surface area contributed by atoms with E-state index in [0.29, 0.717) is 0 Å². The van der Waals surface area contributed by atoms with Gasteiger partial charge in [0.2, 0.25) is 0 Å². The number of nitrogens with one attached hydrogen (secondary N) is 1. The summed E-state index contributed by atoms with van der Waals surface area (Å²) in [4.78, 5) is 11.4. The number of esters is 1. The van der Waals surface area contributed by atoms with E-state index in [-0.39, 0.29) is 35.4 Å². The van der Waals surface area contributed by atoms with Gasteiger partial charge in [0, 0.05) is 6.04 Å². The highest BCUT2D eigenvalue weighted by molar-refractivity contribution is 7.91. The summed E-state index contributed by atoms with van der Waals surface area (Å²) >= 11 is 0. The quantitative estimate of drug-likeness (QED) is 0.620. The predicted octanol–water partition coefficient (Wildman–Crippen LogP) is 1.52. The standard InChI is InChI=1S/C14H27NO4S/c1-4-6-12(15-5-2)10-20(17,18)11-14(7-8-14)9-13(16)19-3/h12,15H,4-11H2,1-3H3. The molecule has 0 spiro atoms. The average molecular weight is 305 g/mol. The van der Waals surface area contributed by atoms with Gasteiger partial charge in [0.25, 0.3) is 0 Å². The van der Waals surface area contributed by atoms with Crippen molar-refractivity contribution in [2.45, 2.75) is 52.0 Å². The van der Waals surface area contributed by atoms with E-state index < -0.39 is 9.84 Å². The van der Waals surface area contributed by atoms with Crippen LogP contribution in [0.2, 0.25) is 0 Å². The van der Waals surface area contributed by atoms with Crippen LogP contribution >= 0.6 is 0 Å². The van der Waals surface area contributed by atoms with Crippen LogP contribution in [0.4, 0.5) is 0 Å². The zero-order valence-corrected chi connectivity index (χ0v) is 13.6. The van der Waals surface area contributed by atoms with Gasteiger partial charge in [0.05, 0.1) is 25.0 Å². The lowest BCUT2D eigenvalue weighted by atomic mass is 10.1. The van der Waals surface area contributed by atoms with Gasteiger partial charge in [0.15, 0.2) is 9.84 Å². The minimum atomic E-state index is -3.14. The van der Waals surface area contributed by atoms with E-state index in [0.717, 1.165) is 32.2 Å². The first-order valence-electron chi connectivity index (χ1n) is 7.37. The molecule has 1 aliphatic rings. The molecule has 0 heterocycles. The number of carbonyl (C=O) groups excluding carboxylic acids is 1. The zero-order chi connectivity index (χ0) is 15.2. The summed E-state index contributed by atoms with van der Waals surface area (Å²) in [6, 6.07) is 0.0175. The minimum Gasteiger partial charge on any atom is -0.469 e. The topological polar surface area (TPSA) is 72.5 Å². The molecule has 1 atom stereocenters. The third-order valence-corrected chi connectivity index (χ3v) is 5.78. The number of hydrogen-bond donors (Lipinski definition) is 1. The van der Waals surface area contributed by atoms with Gasteiger partial charge in [-0.3, -0.25) is 4.79 Å². The molecule has 6 heteroatoms. The lowest BCUT2D eigenvalue weighted by molar-refractivity contribution is -0.141. The lowest BCUT2D eigenvalue weighted by Gasteiger charge is -2.19. The first-order chi connectivity index (χ1) is 9.36. The molecule has 1 N–H and O–H groups in total. The maximum absolute atomic E-state index is 12.3. The van der Waals surface area contributed by atoms with Gasteiger partial charge in [-0.05, 0) is 31.2 Å². The summed E-state index contributed by atoms with van der Waals surface area (Å²) in [6.45, 7) is 4.80. The van der Waals surface area contributed by atoms with Gasteiger partial charge < -0.3 is 10.1 Å². The molecule has 0 saturated heterocycles. The van der Waals surface area contributed by atoms with Crippen LogP contribution in [-0.2, 0) is 19.4 Å². The van der Waals surface area contributed by atoms with E-state index >= 15 is 0 Å². The van der Waals surface area contributed by atoms with Crippen molar-refractivity contribution < 1.29 is 17.9 Å². The highest BCUT2D eigenvalue weighted by Crippen LogP contribution is 2.50. The Labute approximate surface area is 122 Å². The normalized spacial score (nSPS) is 18.6. The second kappa shape index (κ2) is 7.41. The number of methoxy groups -OCH3 is 1. The Hall–Kier alpha value is -0.620. The van der Waals surface area contributed by atoms with E-state index in [2.05, 4.69) is 17.0 Å². The largest absolute Gasteiger partial charge is 0.469 e. The molecule has 1 aliphatic carbocycles. The second-order valence-corrected chi connectivity index (χ2v) is 7.96. The van der Waals surface area contributed by atoms with Gasteiger partial charge in [0.1, 0.15) is 0 Å².